The van der Waals surface area contributed by atoms with Crippen molar-refractivity contribution in [2.75, 3.05) is 18.0 Å². The molecule has 1 atom stereocenters. The number of halogens is 2. The van der Waals surface area contributed by atoms with E-state index in [4.69, 9.17) is 16.1 Å². The van der Waals surface area contributed by atoms with E-state index in [1.165, 1.54) is 12.1 Å². The third-order valence-corrected chi connectivity index (χ3v) is 5.41. The van der Waals surface area contributed by atoms with Gasteiger partial charge in [0.05, 0.1) is 11.4 Å². The number of rotatable bonds is 3. The molecule has 1 unspecified atom stereocenters. The van der Waals surface area contributed by atoms with Crippen LogP contribution in [0.4, 0.5) is 10.2 Å². The number of fused-ring (bicyclic) bond motifs is 1. The SMILES string of the molecule is Fc1cccc(-c2noc(C3CCCN(c4ncnc5cc(Cl)ccc45)C3)n2)c1. The molecule has 1 saturated heterocycles. The van der Waals surface area contributed by atoms with Gasteiger partial charge in [-0.25, -0.2) is 14.4 Å². The van der Waals surface area contributed by atoms with Crippen LogP contribution in [-0.2, 0) is 0 Å². The molecule has 2 aromatic heterocycles. The van der Waals surface area contributed by atoms with Gasteiger partial charge in [0.25, 0.3) is 0 Å². The van der Waals surface area contributed by atoms with Crippen molar-refractivity contribution in [2.24, 2.45) is 0 Å². The van der Waals surface area contributed by atoms with Gasteiger partial charge < -0.3 is 9.42 Å². The molecule has 2 aromatic carbocycles. The van der Waals surface area contributed by atoms with Crippen LogP contribution in [0.25, 0.3) is 22.3 Å². The fourth-order valence-electron chi connectivity index (χ4n) is 3.78. The summed E-state index contributed by atoms with van der Waals surface area (Å²) in [6, 6.07) is 11.8. The number of nitrogens with zero attached hydrogens (tertiary/aromatic N) is 5. The summed E-state index contributed by atoms with van der Waals surface area (Å²) < 4.78 is 19.0. The van der Waals surface area contributed by atoms with Crippen LogP contribution in [0.15, 0.2) is 53.3 Å². The topological polar surface area (TPSA) is 67.9 Å². The van der Waals surface area contributed by atoms with Gasteiger partial charge in [0.15, 0.2) is 0 Å². The first-order chi connectivity index (χ1) is 14.2. The Bertz CT molecular complexity index is 1180. The molecule has 146 valence electrons. The molecule has 1 fully saturated rings. The normalized spacial score (nSPS) is 17.0. The summed E-state index contributed by atoms with van der Waals surface area (Å²) in [5, 5.41) is 5.66. The minimum atomic E-state index is -0.326. The number of aromatic nitrogens is 4. The lowest BCUT2D eigenvalue weighted by Gasteiger charge is -2.32. The zero-order chi connectivity index (χ0) is 19.8. The molecule has 8 heteroatoms. The third kappa shape index (κ3) is 3.53. The van der Waals surface area contributed by atoms with Crippen LogP contribution in [0, 0.1) is 5.82 Å². The minimum absolute atomic E-state index is 0.0795. The van der Waals surface area contributed by atoms with Crippen LogP contribution in [0.1, 0.15) is 24.7 Å². The van der Waals surface area contributed by atoms with E-state index in [1.807, 2.05) is 18.2 Å². The maximum Gasteiger partial charge on any atom is 0.231 e. The minimum Gasteiger partial charge on any atom is -0.355 e. The Kier molecular flexibility index (Phi) is 4.60. The molecule has 0 aliphatic carbocycles. The predicted octanol–water partition coefficient (Wildman–Crippen LogP) is 4.86. The first-order valence-electron chi connectivity index (χ1n) is 9.42. The van der Waals surface area contributed by atoms with E-state index in [0.717, 1.165) is 36.1 Å². The van der Waals surface area contributed by atoms with Crippen molar-refractivity contribution in [3.63, 3.8) is 0 Å². The van der Waals surface area contributed by atoms with E-state index in [9.17, 15) is 4.39 Å². The number of anilines is 1. The summed E-state index contributed by atoms with van der Waals surface area (Å²) in [4.78, 5) is 15.6. The van der Waals surface area contributed by atoms with Crippen LogP contribution >= 0.6 is 11.6 Å². The quantitative estimate of drug-likeness (QED) is 0.481. The highest BCUT2D eigenvalue weighted by atomic mass is 35.5. The maximum atomic E-state index is 13.5. The van der Waals surface area contributed by atoms with Gasteiger partial charge in [0.2, 0.25) is 11.7 Å². The molecule has 4 aromatic rings. The van der Waals surface area contributed by atoms with Gasteiger partial charge in [0, 0.05) is 29.1 Å². The van der Waals surface area contributed by atoms with Crippen molar-refractivity contribution in [3.8, 4) is 11.4 Å². The van der Waals surface area contributed by atoms with E-state index in [-0.39, 0.29) is 11.7 Å². The Morgan fingerprint density at radius 2 is 2.07 bits per heavy atom. The second-order valence-electron chi connectivity index (χ2n) is 7.11. The van der Waals surface area contributed by atoms with Crippen LogP contribution in [-0.4, -0.2) is 33.2 Å². The summed E-state index contributed by atoms with van der Waals surface area (Å²) in [6.45, 7) is 1.59. The predicted molar refractivity (Wildman–Crippen MR) is 108 cm³/mol. The van der Waals surface area contributed by atoms with Crippen molar-refractivity contribution >= 4 is 28.3 Å². The van der Waals surface area contributed by atoms with E-state index >= 15 is 0 Å². The standard InChI is InChI=1S/C21H17ClFN5O/c22-15-6-7-17-18(10-15)24-12-25-20(17)28-8-2-4-14(11-28)21-26-19(27-29-21)13-3-1-5-16(23)9-13/h1,3,5-7,9-10,12,14H,2,4,8,11H2. The van der Waals surface area contributed by atoms with Gasteiger partial charge in [-0.05, 0) is 43.2 Å². The van der Waals surface area contributed by atoms with E-state index < -0.39 is 0 Å². The van der Waals surface area contributed by atoms with Gasteiger partial charge in [-0.3, -0.25) is 0 Å². The molecule has 0 amide bonds. The highest BCUT2D eigenvalue weighted by Gasteiger charge is 2.28. The van der Waals surface area contributed by atoms with E-state index in [2.05, 4.69) is 25.0 Å². The Balaban J connectivity index is 1.42. The average Bonchev–Trinajstić information content (AvgIpc) is 3.24. The Morgan fingerprint density at radius 3 is 2.97 bits per heavy atom. The molecular weight excluding hydrogens is 393 g/mol. The van der Waals surface area contributed by atoms with Crippen molar-refractivity contribution in [1.82, 2.24) is 20.1 Å². The Morgan fingerprint density at radius 1 is 1.14 bits per heavy atom. The maximum absolute atomic E-state index is 13.5. The zero-order valence-electron chi connectivity index (χ0n) is 15.4. The molecule has 0 spiro atoms. The molecule has 29 heavy (non-hydrogen) atoms. The smallest absolute Gasteiger partial charge is 0.231 e. The highest BCUT2D eigenvalue weighted by molar-refractivity contribution is 6.31. The fraction of sp³-hybridized carbons (Fsp3) is 0.238. The number of benzene rings is 2. The van der Waals surface area contributed by atoms with Gasteiger partial charge in [0.1, 0.15) is 18.0 Å². The zero-order valence-corrected chi connectivity index (χ0v) is 16.2. The summed E-state index contributed by atoms with van der Waals surface area (Å²) in [5.74, 6) is 1.60. The largest absolute Gasteiger partial charge is 0.355 e. The number of piperidine rings is 1. The molecule has 0 radical (unpaired) electrons. The molecule has 1 aliphatic rings. The van der Waals surface area contributed by atoms with Crippen LogP contribution < -0.4 is 4.90 Å². The van der Waals surface area contributed by atoms with Gasteiger partial charge in [-0.1, -0.05) is 28.9 Å². The Labute approximate surface area is 171 Å². The lowest BCUT2D eigenvalue weighted by molar-refractivity contribution is 0.333. The van der Waals surface area contributed by atoms with Gasteiger partial charge in [-0.15, -0.1) is 0 Å². The lowest BCUT2D eigenvalue weighted by Crippen LogP contribution is -2.35. The first-order valence-corrected chi connectivity index (χ1v) is 9.80. The lowest BCUT2D eigenvalue weighted by atomic mass is 9.97. The third-order valence-electron chi connectivity index (χ3n) is 5.17. The summed E-state index contributed by atoms with van der Waals surface area (Å²) in [6.07, 6.45) is 3.48. The molecule has 0 N–H and O–H groups in total. The molecule has 1 aliphatic heterocycles. The summed E-state index contributed by atoms with van der Waals surface area (Å²) in [5.41, 5.74) is 1.42. The van der Waals surface area contributed by atoms with E-state index in [1.54, 1.807) is 18.5 Å². The van der Waals surface area contributed by atoms with Crippen LogP contribution in [0.5, 0.6) is 0 Å². The van der Waals surface area contributed by atoms with Gasteiger partial charge >= 0.3 is 0 Å². The van der Waals surface area contributed by atoms with Crippen LogP contribution in [0.3, 0.4) is 0 Å². The molecule has 5 rings (SSSR count). The number of hydrogen-bond donors (Lipinski definition) is 0. The molecule has 0 saturated carbocycles. The molecule has 0 bridgehead atoms. The summed E-state index contributed by atoms with van der Waals surface area (Å²) in [7, 11) is 0. The number of hydrogen-bond acceptors (Lipinski definition) is 6. The molecular formula is C21H17ClFN5O. The van der Waals surface area contributed by atoms with Crippen molar-refractivity contribution in [2.45, 2.75) is 18.8 Å². The first kappa shape index (κ1) is 18.0. The molecule has 6 nitrogen and oxygen atoms in total. The molecule has 3 heterocycles. The second kappa shape index (κ2) is 7.40. The summed E-state index contributed by atoms with van der Waals surface area (Å²) >= 11 is 6.10. The second-order valence-corrected chi connectivity index (χ2v) is 7.55. The monoisotopic (exact) mass is 409 g/mol. The fourth-order valence-corrected chi connectivity index (χ4v) is 3.95. The van der Waals surface area contributed by atoms with Crippen molar-refractivity contribution in [1.29, 1.82) is 0 Å². The van der Waals surface area contributed by atoms with E-state index in [0.29, 0.717) is 28.8 Å². The highest BCUT2D eigenvalue weighted by Crippen LogP contribution is 2.32. The van der Waals surface area contributed by atoms with Crippen LogP contribution in [0.2, 0.25) is 5.02 Å². The average molecular weight is 410 g/mol. The van der Waals surface area contributed by atoms with Crippen molar-refractivity contribution < 1.29 is 8.91 Å². The van der Waals surface area contributed by atoms with Gasteiger partial charge in [-0.2, -0.15) is 4.98 Å². The van der Waals surface area contributed by atoms with Crippen molar-refractivity contribution in [3.05, 3.63) is 65.5 Å². The Hall–Kier alpha value is -3.06.